The molecule has 0 radical (unpaired) electrons. The number of carbonyl (C=O) groups is 1. The van der Waals surface area contributed by atoms with Crippen LogP contribution in [0.1, 0.15) is 17.5 Å². The molecule has 0 aliphatic rings. The number of benzene rings is 2. The van der Waals surface area contributed by atoms with Crippen molar-refractivity contribution in [3.05, 3.63) is 59.7 Å². The van der Waals surface area contributed by atoms with E-state index < -0.39 is 10.0 Å². The van der Waals surface area contributed by atoms with Crippen molar-refractivity contribution >= 4 is 21.6 Å². The third kappa shape index (κ3) is 6.84. The van der Waals surface area contributed by atoms with Gasteiger partial charge >= 0.3 is 0 Å². The molecule has 0 saturated carbocycles. The molecule has 0 spiro atoms. The molecule has 0 saturated heterocycles. The fourth-order valence-corrected chi connectivity index (χ4v) is 2.89. The average molecular weight is 362 g/mol. The number of ether oxygens (including phenoxy) is 1. The Morgan fingerprint density at radius 3 is 2.52 bits per heavy atom. The third-order valence-corrected chi connectivity index (χ3v) is 4.10. The van der Waals surface area contributed by atoms with Crippen LogP contribution in [-0.4, -0.2) is 27.7 Å². The molecule has 25 heavy (non-hydrogen) atoms. The average Bonchev–Trinajstić information content (AvgIpc) is 2.57. The standard InChI is InChI=1S/C18H22N2O4S/c1-24-17-8-4-5-14(12-17)9-10-18(21)19-13-15-6-3-7-16(11-15)20-25(2,22)23/h3-8,11-12,20H,9-10,13H2,1-2H3,(H,19,21). The smallest absolute Gasteiger partial charge is 0.229 e. The van der Waals surface area contributed by atoms with Gasteiger partial charge < -0.3 is 10.1 Å². The first-order valence-electron chi connectivity index (χ1n) is 7.82. The maximum Gasteiger partial charge on any atom is 0.229 e. The lowest BCUT2D eigenvalue weighted by Crippen LogP contribution is -2.23. The number of carbonyl (C=O) groups excluding carboxylic acids is 1. The topological polar surface area (TPSA) is 84.5 Å². The van der Waals surface area contributed by atoms with E-state index in [1.165, 1.54) is 0 Å². The molecule has 0 bridgehead atoms. The lowest BCUT2D eigenvalue weighted by molar-refractivity contribution is -0.121. The van der Waals surface area contributed by atoms with Crippen LogP contribution in [0.25, 0.3) is 0 Å². The van der Waals surface area contributed by atoms with Crippen molar-refractivity contribution in [2.24, 2.45) is 0 Å². The van der Waals surface area contributed by atoms with Crippen molar-refractivity contribution in [1.29, 1.82) is 0 Å². The van der Waals surface area contributed by atoms with Gasteiger partial charge in [0.05, 0.1) is 13.4 Å². The van der Waals surface area contributed by atoms with Gasteiger partial charge in [-0.3, -0.25) is 9.52 Å². The van der Waals surface area contributed by atoms with Gasteiger partial charge in [-0.15, -0.1) is 0 Å². The summed E-state index contributed by atoms with van der Waals surface area (Å²) in [7, 11) is -1.71. The minimum atomic E-state index is -3.32. The van der Waals surface area contributed by atoms with E-state index in [1.807, 2.05) is 30.3 Å². The lowest BCUT2D eigenvalue weighted by Gasteiger charge is -2.09. The summed E-state index contributed by atoms with van der Waals surface area (Å²) in [6.07, 6.45) is 2.09. The fourth-order valence-electron chi connectivity index (χ4n) is 2.33. The van der Waals surface area contributed by atoms with Crippen molar-refractivity contribution in [2.75, 3.05) is 18.1 Å². The zero-order valence-corrected chi connectivity index (χ0v) is 15.1. The molecule has 134 valence electrons. The van der Waals surface area contributed by atoms with E-state index in [0.29, 0.717) is 25.1 Å². The number of sulfonamides is 1. The number of hydrogen-bond donors (Lipinski definition) is 2. The summed E-state index contributed by atoms with van der Waals surface area (Å²) in [6.45, 7) is 0.343. The first-order chi connectivity index (χ1) is 11.9. The Balaban J connectivity index is 1.84. The molecule has 1 amide bonds. The molecule has 0 atom stereocenters. The highest BCUT2D eigenvalue weighted by Crippen LogP contribution is 2.14. The van der Waals surface area contributed by atoms with Gasteiger partial charge in [-0.1, -0.05) is 24.3 Å². The summed E-state index contributed by atoms with van der Waals surface area (Å²) in [5, 5.41) is 2.84. The molecule has 0 heterocycles. The molecule has 0 fully saturated rings. The van der Waals surface area contributed by atoms with Crippen LogP contribution < -0.4 is 14.8 Å². The second-order valence-corrected chi connectivity index (χ2v) is 7.45. The molecule has 2 rings (SSSR count). The number of nitrogens with one attached hydrogen (secondary N) is 2. The molecule has 7 heteroatoms. The highest BCUT2D eigenvalue weighted by molar-refractivity contribution is 7.92. The van der Waals surface area contributed by atoms with E-state index in [1.54, 1.807) is 25.3 Å². The molecule has 0 aliphatic carbocycles. The molecule has 6 nitrogen and oxygen atoms in total. The molecule has 0 aliphatic heterocycles. The van der Waals surface area contributed by atoms with Gasteiger partial charge in [0.15, 0.2) is 0 Å². The zero-order chi connectivity index (χ0) is 18.3. The predicted octanol–water partition coefficient (Wildman–Crippen LogP) is 2.32. The molecular weight excluding hydrogens is 340 g/mol. The van der Waals surface area contributed by atoms with Crippen LogP contribution in [0, 0.1) is 0 Å². The maximum absolute atomic E-state index is 12.0. The second kappa shape index (κ2) is 8.53. The van der Waals surface area contributed by atoms with Gasteiger partial charge in [0.1, 0.15) is 5.75 Å². The quantitative estimate of drug-likeness (QED) is 0.755. The third-order valence-electron chi connectivity index (χ3n) is 3.49. The van der Waals surface area contributed by atoms with Crippen LogP contribution >= 0.6 is 0 Å². The molecule has 2 aromatic carbocycles. The van der Waals surface area contributed by atoms with Crippen molar-refractivity contribution in [3.8, 4) is 5.75 Å². The number of aryl methyl sites for hydroxylation is 1. The summed E-state index contributed by atoms with van der Waals surface area (Å²) in [5.41, 5.74) is 2.34. The molecule has 0 unspecified atom stereocenters. The summed E-state index contributed by atoms with van der Waals surface area (Å²) in [6, 6.07) is 14.6. The fraction of sp³-hybridized carbons (Fsp3) is 0.278. The number of amides is 1. The number of rotatable bonds is 8. The van der Waals surface area contributed by atoms with Gasteiger partial charge in [-0.2, -0.15) is 0 Å². The van der Waals surface area contributed by atoms with Crippen LogP contribution in [0.3, 0.4) is 0 Å². The molecule has 2 N–H and O–H groups in total. The van der Waals surface area contributed by atoms with Crippen molar-refractivity contribution in [1.82, 2.24) is 5.32 Å². The van der Waals surface area contributed by atoms with E-state index in [-0.39, 0.29) is 5.91 Å². The Labute approximate surface area is 148 Å². The maximum atomic E-state index is 12.0. The predicted molar refractivity (Wildman–Crippen MR) is 98.1 cm³/mol. The van der Waals surface area contributed by atoms with Gasteiger partial charge in [0.2, 0.25) is 15.9 Å². The number of methoxy groups -OCH3 is 1. The molecule has 2 aromatic rings. The summed E-state index contributed by atoms with van der Waals surface area (Å²) < 4.78 is 30.1. The normalized spacial score (nSPS) is 11.0. The highest BCUT2D eigenvalue weighted by atomic mass is 32.2. The van der Waals surface area contributed by atoms with Crippen LogP contribution in [-0.2, 0) is 27.8 Å². The van der Waals surface area contributed by atoms with Gasteiger partial charge in [0, 0.05) is 18.7 Å². The lowest BCUT2D eigenvalue weighted by atomic mass is 10.1. The molecule has 0 aromatic heterocycles. The van der Waals surface area contributed by atoms with E-state index in [9.17, 15) is 13.2 Å². The number of anilines is 1. The SMILES string of the molecule is COc1cccc(CCC(=O)NCc2cccc(NS(C)(=O)=O)c2)c1. The van der Waals surface area contributed by atoms with Gasteiger partial charge in [0.25, 0.3) is 0 Å². The van der Waals surface area contributed by atoms with Crippen molar-refractivity contribution in [2.45, 2.75) is 19.4 Å². The van der Waals surface area contributed by atoms with Crippen LogP contribution in [0.2, 0.25) is 0 Å². The first-order valence-corrected chi connectivity index (χ1v) is 9.71. The monoisotopic (exact) mass is 362 g/mol. The van der Waals surface area contributed by atoms with E-state index in [4.69, 9.17) is 4.74 Å². The number of hydrogen-bond acceptors (Lipinski definition) is 4. The Kier molecular flexibility index (Phi) is 6.41. The second-order valence-electron chi connectivity index (χ2n) is 5.70. The van der Waals surface area contributed by atoms with E-state index in [2.05, 4.69) is 10.0 Å². The van der Waals surface area contributed by atoms with Gasteiger partial charge in [-0.25, -0.2) is 8.42 Å². The van der Waals surface area contributed by atoms with E-state index in [0.717, 1.165) is 23.1 Å². The summed E-state index contributed by atoms with van der Waals surface area (Å²) >= 11 is 0. The zero-order valence-electron chi connectivity index (χ0n) is 14.3. The van der Waals surface area contributed by atoms with Crippen LogP contribution in [0.15, 0.2) is 48.5 Å². The minimum Gasteiger partial charge on any atom is -0.497 e. The Hall–Kier alpha value is -2.54. The largest absolute Gasteiger partial charge is 0.497 e. The van der Waals surface area contributed by atoms with Crippen LogP contribution in [0.5, 0.6) is 5.75 Å². The van der Waals surface area contributed by atoms with E-state index >= 15 is 0 Å². The minimum absolute atomic E-state index is 0.0655. The summed E-state index contributed by atoms with van der Waals surface area (Å²) in [4.78, 5) is 12.0. The van der Waals surface area contributed by atoms with Crippen molar-refractivity contribution in [3.63, 3.8) is 0 Å². The Morgan fingerprint density at radius 1 is 1.08 bits per heavy atom. The summed E-state index contributed by atoms with van der Waals surface area (Å²) in [5.74, 6) is 0.706. The van der Waals surface area contributed by atoms with Gasteiger partial charge in [-0.05, 0) is 41.8 Å². The Bertz CT molecular complexity index is 834. The van der Waals surface area contributed by atoms with Crippen molar-refractivity contribution < 1.29 is 17.9 Å². The Morgan fingerprint density at radius 2 is 1.80 bits per heavy atom. The molecular formula is C18H22N2O4S. The first kappa shape index (κ1) is 18.8. The highest BCUT2D eigenvalue weighted by Gasteiger charge is 2.05. The van der Waals surface area contributed by atoms with Crippen LogP contribution in [0.4, 0.5) is 5.69 Å².